The molecule has 0 unspecified atom stereocenters. The number of amides is 1. The number of aryl methyl sites for hydroxylation is 1. The Balaban J connectivity index is 2.08. The molecule has 0 aliphatic heterocycles. The zero-order valence-electron chi connectivity index (χ0n) is 14.8. The molecule has 0 fully saturated rings. The molecule has 1 aromatic heterocycles. The second kappa shape index (κ2) is 7.34. The summed E-state index contributed by atoms with van der Waals surface area (Å²) in [5.74, 6) is -0.909. The molecule has 25 heavy (non-hydrogen) atoms. The van der Waals surface area contributed by atoms with Gasteiger partial charge in [0.1, 0.15) is 11.4 Å². The Morgan fingerprint density at radius 2 is 1.92 bits per heavy atom. The van der Waals surface area contributed by atoms with E-state index in [0.717, 1.165) is 11.1 Å². The average Bonchev–Trinajstić information content (AvgIpc) is 2.54. The predicted octanol–water partition coefficient (Wildman–Crippen LogP) is 3.40. The van der Waals surface area contributed by atoms with Gasteiger partial charge in [-0.05, 0) is 47.7 Å². The number of hydrogen-bond donors (Lipinski definition) is 2. The second-order valence-electron chi connectivity index (χ2n) is 6.80. The van der Waals surface area contributed by atoms with Crippen molar-refractivity contribution in [2.75, 3.05) is 11.9 Å². The monoisotopic (exact) mass is 342 g/mol. The number of pyridine rings is 1. The summed E-state index contributed by atoms with van der Waals surface area (Å²) in [7, 11) is 0. The lowest BCUT2D eigenvalue weighted by Gasteiger charge is -2.18. The molecule has 2 rings (SSSR count). The minimum Gasteiger partial charge on any atom is -0.482 e. The Kier molecular flexibility index (Phi) is 5.41. The van der Waals surface area contributed by atoms with Crippen molar-refractivity contribution in [2.24, 2.45) is 0 Å². The van der Waals surface area contributed by atoms with Crippen LogP contribution in [0.15, 0.2) is 36.5 Å². The quantitative estimate of drug-likeness (QED) is 0.869. The summed E-state index contributed by atoms with van der Waals surface area (Å²) in [5.41, 5.74) is 2.75. The highest BCUT2D eigenvalue weighted by molar-refractivity contribution is 6.03. The molecule has 2 aromatic rings. The van der Waals surface area contributed by atoms with Crippen molar-refractivity contribution in [3.05, 3.63) is 53.3 Å². The normalized spacial score (nSPS) is 11.0. The van der Waals surface area contributed by atoms with Crippen LogP contribution in [0.3, 0.4) is 0 Å². The van der Waals surface area contributed by atoms with Crippen LogP contribution < -0.4 is 10.1 Å². The first-order valence-electron chi connectivity index (χ1n) is 7.90. The molecule has 0 aliphatic carbocycles. The number of aromatic nitrogens is 1. The average molecular weight is 342 g/mol. The zero-order valence-corrected chi connectivity index (χ0v) is 14.8. The van der Waals surface area contributed by atoms with Gasteiger partial charge >= 0.3 is 5.97 Å². The first kappa shape index (κ1) is 18.4. The van der Waals surface area contributed by atoms with Crippen molar-refractivity contribution in [1.82, 2.24) is 4.98 Å². The number of carbonyl (C=O) groups excluding carboxylic acids is 1. The Bertz CT molecular complexity index is 777. The first-order chi connectivity index (χ1) is 11.7. The molecule has 0 atom stereocenters. The maximum Gasteiger partial charge on any atom is 0.341 e. The minimum absolute atomic E-state index is 0.0234. The largest absolute Gasteiger partial charge is 0.482 e. The number of nitrogens with one attached hydrogen (secondary N) is 1. The van der Waals surface area contributed by atoms with Crippen LogP contribution in [0.25, 0.3) is 0 Å². The number of anilines is 1. The van der Waals surface area contributed by atoms with E-state index in [1.807, 2.05) is 6.07 Å². The van der Waals surface area contributed by atoms with E-state index in [1.165, 1.54) is 0 Å². The van der Waals surface area contributed by atoms with E-state index in [2.05, 4.69) is 31.1 Å². The highest BCUT2D eigenvalue weighted by Crippen LogP contribution is 2.23. The van der Waals surface area contributed by atoms with Crippen molar-refractivity contribution in [3.8, 4) is 5.75 Å². The smallest absolute Gasteiger partial charge is 0.341 e. The molecule has 1 heterocycles. The van der Waals surface area contributed by atoms with Crippen LogP contribution in [0.4, 0.5) is 5.69 Å². The Labute approximate surface area is 146 Å². The summed E-state index contributed by atoms with van der Waals surface area (Å²) in [6.07, 6.45) is 1.71. The number of carbonyl (C=O) groups is 2. The van der Waals surface area contributed by atoms with Crippen molar-refractivity contribution in [3.63, 3.8) is 0 Å². The molecule has 0 saturated carbocycles. The molecule has 132 valence electrons. The van der Waals surface area contributed by atoms with E-state index < -0.39 is 12.6 Å². The number of carboxylic acid groups (broad SMARTS) is 1. The topological polar surface area (TPSA) is 88.5 Å². The molecule has 0 aliphatic rings. The number of ether oxygens (including phenoxy) is 1. The molecule has 6 nitrogen and oxygen atoms in total. The molecule has 1 amide bonds. The molecule has 0 bridgehead atoms. The summed E-state index contributed by atoms with van der Waals surface area (Å²) in [6, 6.07) is 8.57. The number of rotatable bonds is 5. The summed E-state index contributed by atoms with van der Waals surface area (Å²) in [4.78, 5) is 27.1. The van der Waals surface area contributed by atoms with Gasteiger partial charge in [-0.3, -0.25) is 9.78 Å². The molecule has 2 N–H and O–H groups in total. The fourth-order valence-electron chi connectivity index (χ4n) is 2.17. The van der Waals surface area contributed by atoms with Gasteiger partial charge in [0.15, 0.2) is 6.61 Å². The van der Waals surface area contributed by atoms with Gasteiger partial charge in [-0.2, -0.15) is 0 Å². The Hall–Kier alpha value is -2.89. The lowest BCUT2D eigenvalue weighted by Crippen LogP contribution is -2.16. The van der Waals surface area contributed by atoms with Crippen molar-refractivity contribution in [2.45, 2.75) is 33.1 Å². The van der Waals surface area contributed by atoms with Gasteiger partial charge in [0.05, 0.1) is 0 Å². The Morgan fingerprint density at radius 3 is 2.44 bits per heavy atom. The lowest BCUT2D eigenvalue weighted by atomic mass is 9.88. The maximum absolute atomic E-state index is 12.3. The van der Waals surface area contributed by atoms with Gasteiger partial charge in [-0.15, -0.1) is 0 Å². The van der Waals surface area contributed by atoms with E-state index in [1.54, 1.807) is 37.4 Å². The van der Waals surface area contributed by atoms with Crippen molar-refractivity contribution >= 4 is 17.6 Å². The summed E-state index contributed by atoms with van der Waals surface area (Å²) >= 11 is 0. The van der Waals surface area contributed by atoms with Gasteiger partial charge in [-0.25, -0.2) is 4.79 Å². The third-order valence-electron chi connectivity index (χ3n) is 3.67. The highest BCUT2D eigenvalue weighted by Gasteiger charge is 2.16. The SMILES string of the molecule is Cc1cc(OCC(=O)O)ccc1NC(=O)c1ccc(C(C)(C)C)cn1. The zero-order chi connectivity index (χ0) is 18.6. The number of hydrogen-bond acceptors (Lipinski definition) is 4. The van der Waals surface area contributed by atoms with E-state index >= 15 is 0 Å². The summed E-state index contributed by atoms with van der Waals surface area (Å²) in [5, 5.41) is 11.4. The van der Waals surface area contributed by atoms with E-state index in [4.69, 9.17) is 9.84 Å². The maximum atomic E-state index is 12.3. The molecular weight excluding hydrogens is 320 g/mol. The van der Waals surface area contributed by atoms with Crippen LogP contribution in [-0.2, 0) is 10.2 Å². The van der Waals surface area contributed by atoms with E-state index in [9.17, 15) is 9.59 Å². The van der Waals surface area contributed by atoms with Crippen LogP contribution in [-0.4, -0.2) is 28.6 Å². The van der Waals surface area contributed by atoms with Crippen molar-refractivity contribution in [1.29, 1.82) is 0 Å². The summed E-state index contributed by atoms with van der Waals surface area (Å²) in [6.45, 7) is 7.65. The lowest BCUT2D eigenvalue weighted by molar-refractivity contribution is -0.139. The second-order valence-corrected chi connectivity index (χ2v) is 6.80. The molecular formula is C19H22N2O4. The number of nitrogens with zero attached hydrogens (tertiary/aromatic N) is 1. The van der Waals surface area contributed by atoms with Crippen LogP contribution in [0.5, 0.6) is 5.75 Å². The van der Waals surface area contributed by atoms with Crippen LogP contribution in [0.2, 0.25) is 0 Å². The molecule has 0 spiro atoms. The number of carboxylic acids is 1. The van der Waals surface area contributed by atoms with Gasteiger partial charge in [0.25, 0.3) is 5.91 Å². The fraction of sp³-hybridized carbons (Fsp3) is 0.316. The van der Waals surface area contributed by atoms with Gasteiger partial charge in [0.2, 0.25) is 0 Å². The first-order valence-corrected chi connectivity index (χ1v) is 7.90. The third kappa shape index (κ3) is 5.04. The predicted molar refractivity (Wildman–Crippen MR) is 95.2 cm³/mol. The van der Waals surface area contributed by atoms with Crippen LogP contribution in [0, 0.1) is 6.92 Å². The minimum atomic E-state index is -1.04. The van der Waals surface area contributed by atoms with Gasteiger partial charge in [0, 0.05) is 11.9 Å². The van der Waals surface area contributed by atoms with Crippen molar-refractivity contribution < 1.29 is 19.4 Å². The third-order valence-corrected chi connectivity index (χ3v) is 3.67. The molecule has 1 aromatic carbocycles. The van der Waals surface area contributed by atoms with Crippen LogP contribution in [0.1, 0.15) is 42.4 Å². The van der Waals surface area contributed by atoms with E-state index in [-0.39, 0.29) is 11.3 Å². The molecule has 0 saturated heterocycles. The highest BCUT2D eigenvalue weighted by atomic mass is 16.5. The number of aliphatic carboxylic acids is 1. The number of benzene rings is 1. The molecule has 0 radical (unpaired) electrons. The fourth-order valence-corrected chi connectivity index (χ4v) is 2.17. The van der Waals surface area contributed by atoms with E-state index in [0.29, 0.717) is 17.1 Å². The standard InChI is InChI=1S/C19H22N2O4/c1-12-9-14(25-11-17(22)23)6-8-15(12)21-18(24)16-7-5-13(10-20-16)19(2,3)4/h5-10H,11H2,1-4H3,(H,21,24)(H,22,23). The Morgan fingerprint density at radius 1 is 1.20 bits per heavy atom. The van der Waals surface area contributed by atoms with Gasteiger partial charge in [-0.1, -0.05) is 26.8 Å². The summed E-state index contributed by atoms with van der Waals surface area (Å²) < 4.78 is 5.11. The molecule has 6 heteroatoms. The van der Waals surface area contributed by atoms with Gasteiger partial charge < -0.3 is 15.2 Å². The van der Waals surface area contributed by atoms with Crippen LogP contribution >= 0.6 is 0 Å².